The average molecular weight is 478 g/mol. The normalized spacial score (nSPS) is 13.8. The SMILES string of the molecule is COc1ccccc1-c1cc(CSc2nnc(N3CCCCC3)n2-c2ccccc2OC)on1. The molecule has 0 bridgehead atoms. The van der Waals surface area contributed by atoms with Crippen LogP contribution in [0.2, 0.25) is 0 Å². The molecule has 4 aromatic rings. The van der Waals surface area contributed by atoms with Crippen LogP contribution in [-0.2, 0) is 5.75 Å². The summed E-state index contributed by atoms with van der Waals surface area (Å²) in [5.41, 5.74) is 2.56. The molecule has 1 fully saturated rings. The Labute approximate surface area is 202 Å². The van der Waals surface area contributed by atoms with Crippen LogP contribution in [0.1, 0.15) is 25.0 Å². The van der Waals surface area contributed by atoms with Crippen LogP contribution in [0.25, 0.3) is 16.9 Å². The number of nitrogens with zero attached hydrogens (tertiary/aromatic N) is 5. The molecule has 0 amide bonds. The van der Waals surface area contributed by atoms with Gasteiger partial charge in [-0.2, -0.15) is 0 Å². The second-order valence-electron chi connectivity index (χ2n) is 8.00. The summed E-state index contributed by atoms with van der Waals surface area (Å²) in [4.78, 5) is 2.31. The molecule has 0 N–H and O–H groups in total. The zero-order chi connectivity index (χ0) is 23.3. The lowest BCUT2D eigenvalue weighted by atomic mass is 10.1. The van der Waals surface area contributed by atoms with Crippen molar-refractivity contribution < 1.29 is 14.0 Å². The topological polar surface area (TPSA) is 78.4 Å². The summed E-state index contributed by atoms with van der Waals surface area (Å²) in [6.07, 6.45) is 3.57. The first kappa shape index (κ1) is 22.3. The highest BCUT2D eigenvalue weighted by Crippen LogP contribution is 2.35. The molecular formula is C25H27N5O3S. The first-order chi connectivity index (χ1) is 16.8. The number of para-hydroxylation sites is 3. The van der Waals surface area contributed by atoms with Crippen LogP contribution in [0.15, 0.2) is 64.3 Å². The summed E-state index contributed by atoms with van der Waals surface area (Å²) in [6, 6.07) is 17.7. The third kappa shape index (κ3) is 4.48. The Morgan fingerprint density at radius 3 is 2.44 bits per heavy atom. The number of hydrogen-bond donors (Lipinski definition) is 0. The van der Waals surface area contributed by atoms with Gasteiger partial charge in [0.1, 0.15) is 23.0 Å². The molecule has 0 radical (unpaired) electrons. The lowest BCUT2D eigenvalue weighted by Gasteiger charge is -2.28. The molecule has 1 saturated heterocycles. The Morgan fingerprint density at radius 2 is 1.65 bits per heavy atom. The van der Waals surface area contributed by atoms with Crippen molar-refractivity contribution >= 4 is 17.7 Å². The summed E-state index contributed by atoms with van der Waals surface area (Å²) in [5, 5.41) is 14.2. The fourth-order valence-electron chi connectivity index (χ4n) is 4.18. The monoisotopic (exact) mass is 477 g/mol. The predicted molar refractivity (Wildman–Crippen MR) is 132 cm³/mol. The van der Waals surface area contributed by atoms with Gasteiger partial charge in [0.15, 0.2) is 5.16 Å². The minimum atomic E-state index is 0.565. The van der Waals surface area contributed by atoms with E-state index in [1.807, 2.05) is 54.6 Å². The van der Waals surface area contributed by atoms with E-state index in [0.717, 1.165) is 71.2 Å². The molecular weight excluding hydrogens is 450 g/mol. The highest BCUT2D eigenvalue weighted by Gasteiger charge is 2.23. The molecule has 9 heteroatoms. The highest BCUT2D eigenvalue weighted by atomic mass is 32.2. The van der Waals surface area contributed by atoms with Crippen LogP contribution in [-0.4, -0.2) is 47.2 Å². The maximum atomic E-state index is 5.66. The van der Waals surface area contributed by atoms with Gasteiger partial charge in [-0.3, -0.25) is 4.57 Å². The smallest absolute Gasteiger partial charge is 0.232 e. The number of piperidine rings is 1. The summed E-state index contributed by atoms with van der Waals surface area (Å²) in [6.45, 7) is 1.95. The molecule has 0 unspecified atom stereocenters. The molecule has 0 spiro atoms. The van der Waals surface area contributed by atoms with E-state index in [1.165, 1.54) is 6.42 Å². The Balaban J connectivity index is 1.43. The number of ether oxygens (including phenoxy) is 2. The third-order valence-electron chi connectivity index (χ3n) is 5.87. The van der Waals surface area contributed by atoms with Crippen molar-refractivity contribution in [3.05, 3.63) is 60.4 Å². The summed E-state index contributed by atoms with van der Waals surface area (Å²) in [5.74, 6) is 3.70. The van der Waals surface area contributed by atoms with E-state index in [9.17, 15) is 0 Å². The third-order valence-corrected chi connectivity index (χ3v) is 6.82. The van der Waals surface area contributed by atoms with E-state index >= 15 is 0 Å². The number of hydrogen-bond acceptors (Lipinski definition) is 8. The average Bonchev–Trinajstić information content (AvgIpc) is 3.55. The highest BCUT2D eigenvalue weighted by molar-refractivity contribution is 7.98. The molecule has 1 aliphatic rings. The number of benzene rings is 2. The van der Waals surface area contributed by atoms with Gasteiger partial charge in [-0.05, 0) is 43.5 Å². The van der Waals surface area contributed by atoms with Crippen molar-refractivity contribution in [2.24, 2.45) is 0 Å². The van der Waals surface area contributed by atoms with Crippen molar-refractivity contribution in [1.29, 1.82) is 0 Å². The van der Waals surface area contributed by atoms with Crippen LogP contribution in [0, 0.1) is 0 Å². The van der Waals surface area contributed by atoms with E-state index in [4.69, 9.17) is 14.0 Å². The van der Waals surface area contributed by atoms with Crippen LogP contribution in [0.3, 0.4) is 0 Å². The number of aromatic nitrogens is 4. The number of anilines is 1. The van der Waals surface area contributed by atoms with Crippen molar-refractivity contribution in [1.82, 2.24) is 19.9 Å². The minimum absolute atomic E-state index is 0.565. The molecule has 2 aromatic carbocycles. The Kier molecular flexibility index (Phi) is 6.71. The second kappa shape index (κ2) is 10.2. The predicted octanol–water partition coefficient (Wildman–Crippen LogP) is 5.22. The first-order valence-electron chi connectivity index (χ1n) is 11.3. The summed E-state index contributed by atoms with van der Waals surface area (Å²) < 4.78 is 18.8. The second-order valence-corrected chi connectivity index (χ2v) is 8.95. The van der Waals surface area contributed by atoms with Crippen LogP contribution >= 0.6 is 11.8 Å². The largest absolute Gasteiger partial charge is 0.496 e. The van der Waals surface area contributed by atoms with E-state index in [-0.39, 0.29) is 0 Å². The molecule has 1 aliphatic heterocycles. The lowest BCUT2D eigenvalue weighted by molar-refractivity contribution is 0.395. The number of thioether (sulfide) groups is 1. The zero-order valence-corrected chi connectivity index (χ0v) is 20.1. The molecule has 0 aliphatic carbocycles. The van der Waals surface area contributed by atoms with Gasteiger partial charge in [0.25, 0.3) is 0 Å². The molecule has 2 aromatic heterocycles. The van der Waals surface area contributed by atoms with Gasteiger partial charge in [-0.15, -0.1) is 10.2 Å². The molecule has 176 valence electrons. The minimum Gasteiger partial charge on any atom is -0.496 e. The van der Waals surface area contributed by atoms with Gasteiger partial charge in [0.05, 0.1) is 25.7 Å². The maximum Gasteiger partial charge on any atom is 0.232 e. The fourth-order valence-corrected chi connectivity index (χ4v) is 4.99. The first-order valence-corrected chi connectivity index (χ1v) is 12.3. The molecule has 34 heavy (non-hydrogen) atoms. The Morgan fingerprint density at radius 1 is 0.912 bits per heavy atom. The number of rotatable bonds is 8. The molecule has 0 atom stereocenters. The van der Waals surface area contributed by atoms with E-state index < -0.39 is 0 Å². The standard InChI is InChI=1S/C25H27N5O3S/c1-31-22-12-6-4-10-19(22)20-16-18(33-28-20)17-34-25-27-26-24(29-14-8-3-9-15-29)30(25)21-11-5-7-13-23(21)32-2/h4-7,10-13,16H,3,8-9,14-15,17H2,1-2H3. The summed E-state index contributed by atoms with van der Waals surface area (Å²) >= 11 is 1.56. The maximum absolute atomic E-state index is 5.66. The molecule has 0 saturated carbocycles. The van der Waals surface area contributed by atoms with E-state index in [1.54, 1.807) is 26.0 Å². The molecule has 3 heterocycles. The van der Waals surface area contributed by atoms with E-state index in [0.29, 0.717) is 5.75 Å². The zero-order valence-electron chi connectivity index (χ0n) is 19.3. The van der Waals surface area contributed by atoms with Crippen molar-refractivity contribution in [3.8, 4) is 28.4 Å². The van der Waals surface area contributed by atoms with Gasteiger partial charge in [-0.25, -0.2) is 0 Å². The lowest BCUT2D eigenvalue weighted by Crippen LogP contribution is -2.31. The van der Waals surface area contributed by atoms with Crippen LogP contribution < -0.4 is 14.4 Å². The van der Waals surface area contributed by atoms with Crippen molar-refractivity contribution in [2.45, 2.75) is 30.2 Å². The van der Waals surface area contributed by atoms with Crippen molar-refractivity contribution in [3.63, 3.8) is 0 Å². The number of methoxy groups -OCH3 is 2. The van der Waals surface area contributed by atoms with Gasteiger partial charge in [0, 0.05) is 24.7 Å². The van der Waals surface area contributed by atoms with E-state index in [2.05, 4.69) is 24.8 Å². The Bertz CT molecular complexity index is 1250. The van der Waals surface area contributed by atoms with Gasteiger partial charge in [0.2, 0.25) is 5.95 Å². The molecule has 8 nitrogen and oxygen atoms in total. The van der Waals surface area contributed by atoms with Gasteiger partial charge < -0.3 is 18.9 Å². The Hall–Kier alpha value is -3.46. The van der Waals surface area contributed by atoms with Crippen molar-refractivity contribution in [2.75, 3.05) is 32.2 Å². The quantitative estimate of drug-likeness (QED) is 0.320. The molecule has 5 rings (SSSR count). The summed E-state index contributed by atoms with van der Waals surface area (Å²) in [7, 11) is 3.34. The van der Waals surface area contributed by atoms with Crippen LogP contribution in [0.4, 0.5) is 5.95 Å². The van der Waals surface area contributed by atoms with Gasteiger partial charge >= 0.3 is 0 Å². The fraction of sp³-hybridized carbons (Fsp3) is 0.320. The van der Waals surface area contributed by atoms with Crippen LogP contribution in [0.5, 0.6) is 11.5 Å². The van der Waals surface area contributed by atoms with Gasteiger partial charge in [-0.1, -0.05) is 41.2 Å².